The van der Waals surface area contributed by atoms with Crippen molar-refractivity contribution in [3.8, 4) is 5.75 Å². The summed E-state index contributed by atoms with van der Waals surface area (Å²) in [5.41, 5.74) is 0.922. The number of ether oxygens (including phenoxy) is 2. The highest BCUT2D eigenvalue weighted by Crippen LogP contribution is 2.30. The molecule has 0 bridgehead atoms. The lowest BCUT2D eigenvalue weighted by Crippen LogP contribution is -2.36. The molecule has 27 heavy (non-hydrogen) atoms. The molecule has 8 heteroatoms. The summed E-state index contributed by atoms with van der Waals surface area (Å²) >= 11 is 1.16. The number of nitrogens with zero attached hydrogens (tertiary/aromatic N) is 2. The molecule has 0 radical (unpaired) electrons. The van der Waals surface area contributed by atoms with E-state index in [9.17, 15) is 14.9 Å². The first-order valence-corrected chi connectivity index (χ1v) is 9.58. The van der Waals surface area contributed by atoms with Gasteiger partial charge in [-0.2, -0.15) is 0 Å². The summed E-state index contributed by atoms with van der Waals surface area (Å²) in [6, 6.07) is 8.92. The molecule has 1 aromatic heterocycles. The van der Waals surface area contributed by atoms with Gasteiger partial charge in [-0.15, -0.1) is 11.3 Å². The van der Waals surface area contributed by atoms with Gasteiger partial charge in [0.1, 0.15) is 5.75 Å². The average Bonchev–Trinajstić information content (AvgIpc) is 3.30. The number of benzene rings is 1. The first-order chi connectivity index (χ1) is 13.0. The Morgan fingerprint density at radius 2 is 2.26 bits per heavy atom. The molecule has 1 atom stereocenters. The topological polar surface area (TPSA) is 81.9 Å². The summed E-state index contributed by atoms with van der Waals surface area (Å²) in [5.74, 6) is 0.508. The molecule has 0 N–H and O–H groups in total. The van der Waals surface area contributed by atoms with E-state index in [2.05, 4.69) is 0 Å². The molecule has 1 aromatic carbocycles. The van der Waals surface area contributed by atoms with Crippen molar-refractivity contribution in [1.29, 1.82) is 0 Å². The fourth-order valence-electron chi connectivity index (χ4n) is 3.16. The molecule has 1 fully saturated rings. The third-order valence-electron chi connectivity index (χ3n) is 4.54. The van der Waals surface area contributed by atoms with Gasteiger partial charge in [-0.3, -0.25) is 14.9 Å². The second-order valence-corrected chi connectivity index (χ2v) is 7.74. The number of hydrogen-bond acceptors (Lipinski definition) is 6. The zero-order chi connectivity index (χ0) is 19.4. The van der Waals surface area contributed by atoms with Crippen LogP contribution in [-0.2, 0) is 11.3 Å². The number of aryl methyl sites for hydroxylation is 1. The molecule has 7 nitrogen and oxygen atoms in total. The van der Waals surface area contributed by atoms with E-state index in [1.54, 1.807) is 18.9 Å². The van der Waals surface area contributed by atoms with Crippen LogP contribution in [0.25, 0.3) is 0 Å². The van der Waals surface area contributed by atoms with Gasteiger partial charge in [0.15, 0.2) is 0 Å². The van der Waals surface area contributed by atoms with Crippen molar-refractivity contribution < 1.29 is 19.2 Å². The Morgan fingerprint density at radius 1 is 1.44 bits per heavy atom. The zero-order valence-electron chi connectivity index (χ0n) is 15.3. The molecule has 2 aromatic rings. The number of nitro groups is 1. The standard InChI is InChI=1S/C19H22N2O5S/c1-13-17(21(23)24)10-18(27-13)19(22)20(12-16-7-4-8-26-16)11-14-5-3-6-15(9-14)25-2/h3,5-6,9-10,16H,4,7-8,11-12H2,1-2H3. The molecule has 1 amide bonds. The Bertz CT molecular complexity index is 829. The molecule has 3 rings (SSSR count). The van der Waals surface area contributed by atoms with Crippen LogP contribution in [0.4, 0.5) is 5.69 Å². The Hall–Kier alpha value is -2.45. The van der Waals surface area contributed by atoms with Crippen LogP contribution in [0, 0.1) is 17.0 Å². The Labute approximate surface area is 161 Å². The first kappa shape index (κ1) is 19.3. The van der Waals surface area contributed by atoms with Crippen LogP contribution in [0.3, 0.4) is 0 Å². The van der Waals surface area contributed by atoms with E-state index in [-0.39, 0.29) is 17.7 Å². The van der Waals surface area contributed by atoms with Crippen LogP contribution in [0.15, 0.2) is 30.3 Å². The largest absolute Gasteiger partial charge is 0.497 e. The smallest absolute Gasteiger partial charge is 0.283 e. The predicted molar refractivity (Wildman–Crippen MR) is 102 cm³/mol. The second kappa shape index (κ2) is 8.49. The number of rotatable bonds is 7. The van der Waals surface area contributed by atoms with Crippen molar-refractivity contribution in [2.45, 2.75) is 32.4 Å². The van der Waals surface area contributed by atoms with Crippen molar-refractivity contribution in [3.63, 3.8) is 0 Å². The number of hydrogen-bond donors (Lipinski definition) is 0. The summed E-state index contributed by atoms with van der Waals surface area (Å²) in [6.45, 7) is 3.21. The van der Waals surface area contributed by atoms with Gasteiger partial charge in [-0.05, 0) is 37.5 Å². The summed E-state index contributed by atoms with van der Waals surface area (Å²) in [4.78, 5) is 26.4. The maximum Gasteiger partial charge on any atom is 0.283 e. The van der Waals surface area contributed by atoms with Crippen molar-refractivity contribution in [3.05, 3.63) is 55.8 Å². The van der Waals surface area contributed by atoms with Crippen LogP contribution in [0.5, 0.6) is 5.75 Å². The maximum absolute atomic E-state index is 13.1. The SMILES string of the molecule is COc1cccc(CN(CC2CCCO2)C(=O)c2cc([N+](=O)[O-])c(C)s2)c1. The average molecular weight is 390 g/mol. The quantitative estimate of drug-likeness (QED) is 0.531. The molecular weight excluding hydrogens is 368 g/mol. The van der Waals surface area contributed by atoms with Crippen molar-refractivity contribution in [2.75, 3.05) is 20.3 Å². The minimum absolute atomic E-state index is 0.00407. The molecular formula is C19H22N2O5S. The van der Waals surface area contributed by atoms with E-state index in [0.29, 0.717) is 29.5 Å². The number of carbonyl (C=O) groups is 1. The predicted octanol–water partition coefficient (Wildman–Crippen LogP) is 3.79. The highest BCUT2D eigenvalue weighted by atomic mass is 32.1. The molecule has 1 aliphatic heterocycles. The Kier molecular flexibility index (Phi) is 6.08. The highest BCUT2D eigenvalue weighted by molar-refractivity contribution is 7.14. The lowest BCUT2D eigenvalue weighted by Gasteiger charge is -2.25. The third-order valence-corrected chi connectivity index (χ3v) is 5.57. The molecule has 0 aliphatic carbocycles. The highest BCUT2D eigenvalue weighted by Gasteiger charge is 2.27. The summed E-state index contributed by atoms with van der Waals surface area (Å²) in [6.07, 6.45) is 1.89. The minimum atomic E-state index is -0.449. The van der Waals surface area contributed by atoms with E-state index in [1.165, 1.54) is 6.07 Å². The number of carbonyl (C=O) groups excluding carboxylic acids is 1. The molecule has 1 unspecified atom stereocenters. The fourth-order valence-corrected chi connectivity index (χ4v) is 4.11. The number of methoxy groups -OCH3 is 1. The number of amides is 1. The normalized spacial score (nSPS) is 16.3. The van der Waals surface area contributed by atoms with Gasteiger partial charge in [0.25, 0.3) is 11.6 Å². The Balaban J connectivity index is 1.84. The van der Waals surface area contributed by atoms with E-state index in [0.717, 1.165) is 35.5 Å². The molecule has 144 valence electrons. The van der Waals surface area contributed by atoms with Crippen molar-refractivity contribution in [1.82, 2.24) is 4.90 Å². The minimum Gasteiger partial charge on any atom is -0.497 e. The second-order valence-electron chi connectivity index (χ2n) is 6.48. The number of thiophene rings is 1. The van der Waals surface area contributed by atoms with Crippen LogP contribution >= 0.6 is 11.3 Å². The monoisotopic (exact) mass is 390 g/mol. The van der Waals surface area contributed by atoms with Gasteiger partial charge in [0.05, 0.1) is 27.9 Å². The first-order valence-electron chi connectivity index (χ1n) is 8.76. The van der Waals surface area contributed by atoms with Crippen LogP contribution in [0.2, 0.25) is 0 Å². The van der Waals surface area contributed by atoms with Crippen LogP contribution in [-0.4, -0.2) is 42.1 Å². The van der Waals surface area contributed by atoms with Crippen LogP contribution < -0.4 is 4.74 Å². The fraction of sp³-hybridized carbons (Fsp3) is 0.421. The van der Waals surface area contributed by atoms with Crippen molar-refractivity contribution in [2.24, 2.45) is 0 Å². The van der Waals surface area contributed by atoms with Gasteiger partial charge < -0.3 is 14.4 Å². The molecule has 1 aliphatic rings. The van der Waals surface area contributed by atoms with E-state index in [4.69, 9.17) is 9.47 Å². The van der Waals surface area contributed by atoms with Gasteiger partial charge in [-0.25, -0.2) is 0 Å². The van der Waals surface area contributed by atoms with E-state index >= 15 is 0 Å². The zero-order valence-corrected chi connectivity index (χ0v) is 16.2. The van der Waals surface area contributed by atoms with Gasteiger partial charge in [-0.1, -0.05) is 12.1 Å². The van der Waals surface area contributed by atoms with E-state index < -0.39 is 4.92 Å². The summed E-state index contributed by atoms with van der Waals surface area (Å²) < 4.78 is 11.0. The Morgan fingerprint density at radius 3 is 2.89 bits per heavy atom. The summed E-state index contributed by atoms with van der Waals surface area (Å²) in [7, 11) is 1.60. The maximum atomic E-state index is 13.1. The summed E-state index contributed by atoms with van der Waals surface area (Å²) in [5, 5.41) is 11.1. The van der Waals surface area contributed by atoms with Gasteiger partial charge >= 0.3 is 0 Å². The third kappa shape index (κ3) is 4.64. The lowest BCUT2D eigenvalue weighted by molar-refractivity contribution is -0.385. The van der Waals surface area contributed by atoms with Gasteiger partial charge in [0.2, 0.25) is 0 Å². The van der Waals surface area contributed by atoms with E-state index in [1.807, 2.05) is 24.3 Å². The van der Waals surface area contributed by atoms with Crippen LogP contribution in [0.1, 0.15) is 33.0 Å². The van der Waals surface area contributed by atoms with Gasteiger partial charge in [0, 0.05) is 25.8 Å². The molecule has 0 spiro atoms. The molecule has 2 heterocycles. The van der Waals surface area contributed by atoms with Crippen molar-refractivity contribution >= 4 is 22.9 Å². The molecule has 0 saturated carbocycles. The lowest BCUT2D eigenvalue weighted by atomic mass is 10.1. The molecule has 1 saturated heterocycles.